The zero-order chi connectivity index (χ0) is 13.3. The summed E-state index contributed by atoms with van der Waals surface area (Å²) in [5, 5.41) is 11.2. The van der Waals surface area contributed by atoms with Crippen LogP contribution in [0.1, 0.15) is 37.6 Å². The smallest absolute Gasteiger partial charge is 0.303 e. The van der Waals surface area contributed by atoms with Crippen molar-refractivity contribution in [3.05, 3.63) is 27.1 Å². The Balaban J connectivity index is 2.45. The molecule has 2 N–H and O–H groups in total. The normalized spacial score (nSPS) is 11.3. The Labute approximate surface area is 107 Å². The summed E-state index contributed by atoms with van der Waals surface area (Å²) in [5.74, 6) is -0.189. The summed E-state index contributed by atoms with van der Waals surface area (Å²) in [7, 11) is 0. The van der Waals surface area contributed by atoms with Gasteiger partial charge < -0.3 is 10.1 Å². The molecule has 0 fully saturated rings. The molecule has 5 nitrogen and oxygen atoms in total. The SMILES string of the molecule is CC(C)c1csc2nc(CCC(=O)O)[nH]c(=O)c12. The predicted molar refractivity (Wildman–Crippen MR) is 70.3 cm³/mol. The lowest BCUT2D eigenvalue weighted by molar-refractivity contribution is -0.137. The van der Waals surface area contributed by atoms with Crippen molar-refractivity contribution < 1.29 is 9.90 Å². The number of aromatic nitrogens is 2. The summed E-state index contributed by atoms with van der Waals surface area (Å²) >= 11 is 1.43. The average Bonchev–Trinajstić information content (AvgIpc) is 2.70. The number of hydrogen-bond donors (Lipinski definition) is 2. The summed E-state index contributed by atoms with van der Waals surface area (Å²) < 4.78 is 0. The largest absolute Gasteiger partial charge is 0.481 e. The lowest BCUT2D eigenvalue weighted by atomic mass is 10.0. The number of aromatic amines is 1. The van der Waals surface area contributed by atoms with Crippen molar-refractivity contribution in [3.8, 4) is 0 Å². The Kier molecular flexibility index (Phi) is 3.47. The van der Waals surface area contributed by atoms with Crippen molar-refractivity contribution in [2.75, 3.05) is 0 Å². The van der Waals surface area contributed by atoms with E-state index < -0.39 is 5.97 Å². The molecule has 0 aromatic carbocycles. The van der Waals surface area contributed by atoms with Crippen molar-refractivity contribution in [1.82, 2.24) is 9.97 Å². The van der Waals surface area contributed by atoms with E-state index in [4.69, 9.17) is 5.11 Å². The highest BCUT2D eigenvalue weighted by molar-refractivity contribution is 7.16. The Morgan fingerprint density at radius 3 is 2.89 bits per heavy atom. The molecule has 0 aliphatic heterocycles. The molecule has 0 bridgehead atoms. The van der Waals surface area contributed by atoms with Crippen molar-refractivity contribution in [2.45, 2.75) is 32.6 Å². The Hall–Kier alpha value is -1.69. The first kappa shape index (κ1) is 12.8. The molecule has 0 aliphatic rings. The Bertz CT molecular complexity index is 642. The van der Waals surface area contributed by atoms with Gasteiger partial charge in [-0.3, -0.25) is 9.59 Å². The van der Waals surface area contributed by atoms with Crippen LogP contribution >= 0.6 is 11.3 Å². The van der Waals surface area contributed by atoms with E-state index in [9.17, 15) is 9.59 Å². The number of thiophene rings is 1. The summed E-state index contributed by atoms with van der Waals surface area (Å²) in [4.78, 5) is 30.1. The van der Waals surface area contributed by atoms with E-state index in [1.165, 1.54) is 11.3 Å². The number of aryl methyl sites for hydroxylation is 1. The maximum Gasteiger partial charge on any atom is 0.303 e. The van der Waals surface area contributed by atoms with Gasteiger partial charge in [-0.2, -0.15) is 0 Å². The Morgan fingerprint density at radius 2 is 2.28 bits per heavy atom. The van der Waals surface area contributed by atoms with E-state index in [2.05, 4.69) is 9.97 Å². The first-order valence-corrected chi connectivity index (χ1v) is 6.59. The standard InChI is InChI=1S/C12H14N2O3S/c1-6(2)7-5-18-12-10(7)11(17)13-8(14-12)3-4-9(15)16/h5-6H,3-4H2,1-2H3,(H,15,16)(H,13,14,17). The Morgan fingerprint density at radius 1 is 1.56 bits per heavy atom. The van der Waals surface area contributed by atoms with Crippen molar-refractivity contribution in [2.24, 2.45) is 0 Å². The maximum atomic E-state index is 12.0. The summed E-state index contributed by atoms with van der Waals surface area (Å²) in [6, 6.07) is 0. The highest BCUT2D eigenvalue weighted by Gasteiger charge is 2.13. The first-order chi connectivity index (χ1) is 8.49. The zero-order valence-corrected chi connectivity index (χ0v) is 11.0. The van der Waals surface area contributed by atoms with Crippen LogP contribution in [0.3, 0.4) is 0 Å². The third-order valence-electron chi connectivity index (χ3n) is 2.72. The van der Waals surface area contributed by atoms with E-state index in [1.54, 1.807) is 0 Å². The minimum absolute atomic E-state index is 0.0309. The molecule has 18 heavy (non-hydrogen) atoms. The van der Waals surface area contributed by atoms with Gasteiger partial charge >= 0.3 is 5.97 Å². The molecule has 2 heterocycles. The van der Waals surface area contributed by atoms with Gasteiger partial charge in [0.2, 0.25) is 0 Å². The van der Waals surface area contributed by atoms with Gasteiger partial charge in [-0.1, -0.05) is 13.8 Å². The van der Waals surface area contributed by atoms with Gasteiger partial charge in [0.25, 0.3) is 5.56 Å². The fraction of sp³-hybridized carbons (Fsp3) is 0.417. The van der Waals surface area contributed by atoms with Crippen LogP contribution in [0.2, 0.25) is 0 Å². The van der Waals surface area contributed by atoms with Crippen LogP contribution in [0, 0.1) is 0 Å². The third kappa shape index (κ3) is 2.43. The highest BCUT2D eigenvalue weighted by atomic mass is 32.1. The van der Waals surface area contributed by atoms with Crippen LogP contribution in [-0.2, 0) is 11.2 Å². The second-order valence-corrected chi connectivity index (χ2v) is 5.29. The van der Waals surface area contributed by atoms with Crippen LogP contribution in [0.4, 0.5) is 0 Å². The summed E-state index contributed by atoms with van der Waals surface area (Å²) in [6.07, 6.45) is 0.215. The van der Waals surface area contributed by atoms with Gasteiger partial charge in [0, 0.05) is 6.42 Å². The van der Waals surface area contributed by atoms with Gasteiger partial charge in [0.05, 0.1) is 11.8 Å². The van der Waals surface area contributed by atoms with Gasteiger partial charge in [0.1, 0.15) is 10.7 Å². The second-order valence-electron chi connectivity index (χ2n) is 4.43. The van der Waals surface area contributed by atoms with Crippen molar-refractivity contribution in [1.29, 1.82) is 0 Å². The predicted octanol–water partition coefficient (Wildman–Crippen LogP) is 2.13. The number of hydrogen-bond acceptors (Lipinski definition) is 4. The third-order valence-corrected chi connectivity index (χ3v) is 3.61. The number of carboxylic acids is 1. The molecule has 0 spiro atoms. The molecular formula is C12H14N2O3S. The molecule has 0 radical (unpaired) electrons. The number of nitrogens with one attached hydrogen (secondary N) is 1. The van der Waals surface area contributed by atoms with Gasteiger partial charge in [-0.25, -0.2) is 4.98 Å². The van der Waals surface area contributed by atoms with E-state index in [1.807, 2.05) is 19.2 Å². The highest BCUT2D eigenvalue weighted by Crippen LogP contribution is 2.27. The van der Waals surface area contributed by atoms with Gasteiger partial charge in [0.15, 0.2) is 0 Å². The molecule has 0 saturated carbocycles. The lowest BCUT2D eigenvalue weighted by Gasteiger charge is -2.02. The average molecular weight is 266 g/mol. The molecule has 2 aromatic heterocycles. The molecule has 96 valence electrons. The topological polar surface area (TPSA) is 83.0 Å². The fourth-order valence-electron chi connectivity index (χ4n) is 1.78. The number of rotatable bonds is 4. The van der Waals surface area contributed by atoms with Crippen LogP contribution in [0.5, 0.6) is 0 Å². The molecule has 6 heteroatoms. The monoisotopic (exact) mass is 266 g/mol. The van der Waals surface area contributed by atoms with Crippen LogP contribution in [0.25, 0.3) is 10.2 Å². The minimum atomic E-state index is -0.896. The number of carboxylic acid groups (broad SMARTS) is 1. The van der Waals surface area contributed by atoms with Crippen LogP contribution < -0.4 is 5.56 Å². The van der Waals surface area contributed by atoms with E-state index in [0.29, 0.717) is 16.0 Å². The molecule has 2 aromatic rings. The zero-order valence-electron chi connectivity index (χ0n) is 10.2. The van der Waals surface area contributed by atoms with E-state index in [-0.39, 0.29) is 24.3 Å². The van der Waals surface area contributed by atoms with Crippen molar-refractivity contribution >= 4 is 27.5 Å². The molecule has 0 aliphatic carbocycles. The van der Waals surface area contributed by atoms with Gasteiger partial charge in [-0.05, 0) is 16.9 Å². The van der Waals surface area contributed by atoms with Crippen molar-refractivity contribution in [3.63, 3.8) is 0 Å². The van der Waals surface area contributed by atoms with Crippen LogP contribution in [0.15, 0.2) is 10.2 Å². The minimum Gasteiger partial charge on any atom is -0.481 e. The number of carbonyl (C=O) groups is 1. The lowest BCUT2D eigenvalue weighted by Crippen LogP contribution is -2.13. The summed E-state index contributed by atoms with van der Waals surface area (Å²) in [5.41, 5.74) is 0.818. The number of nitrogens with zero attached hydrogens (tertiary/aromatic N) is 1. The quantitative estimate of drug-likeness (QED) is 0.888. The maximum absolute atomic E-state index is 12.0. The number of aliphatic carboxylic acids is 1. The summed E-state index contributed by atoms with van der Waals surface area (Å²) in [6.45, 7) is 4.05. The number of fused-ring (bicyclic) bond motifs is 1. The van der Waals surface area contributed by atoms with Gasteiger partial charge in [-0.15, -0.1) is 11.3 Å². The molecule has 0 unspecified atom stereocenters. The fourth-order valence-corrected chi connectivity index (χ4v) is 2.90. The van der Waals surface area contributed by atoms with E-state index in [0.717, 1.165) is 5.56 Å². The molecule has 0 saturated heterocycles. The first-order valence-electron chi connectivity index (χ1n) is 5.71. The molecular weight excluding hydrogens is 252 g/mol. The van der Waals surface area contributed by atoms with E-state index >= 15 is 0 Å². The molecule has 0 atom stereocenters. The number of H-pyrrole nitrogens is 1. The molecule has 2 rings (SSSR count). The van der Waals surface area contributed by atoms with Crippen LogP contribution in [-0.4, -0.2) is 21.0 Å². The molecule has 0 amide bonds. The second kappa shape index (κ2) is 4.89.